The number of carbonyl (C=O) groups is 1. The van der Waals surface area contributed by atoms with Crippen molar-refractivity contribution in [1.82, 2.24) is 14.5 Å². The fourth-order valence-corrected chi connectivity index (χ4v) is 4.17. The molecule has 1 atom stereocenters. The van der Waals surface area contributed by atoms with Crippen molar-refractivity contribution in [3.05, 3.63) is 63.3 Å². The Hall–Kier alpha value is -2.47. The molecule has 4 rings (SSSR count). The number of hydrogen-bond acceptors (Lipinski definition) is 4. The fraction of sp³-hybridized carbons (Fsp3) is 0.278. The lowest BCUT2D eigenvalue weighted by molar-refractivity contribution is -0.132. The quantitative estimate of drug-likeness (QED) is 0.737. The van der Waals surface area contributed by atoms with E-state index in [0.29, 0.717) is 10.9 Å². The van der Waals surface area contributed by atoms with Gasteiger partial charge in [0, 0.05) is 11.4 Å². The Balaban J connectivity index is 1.60. The van der Waals surface area contributed by atoms with Gasteiger partial charge in [-0.3, -0.25) is 14.2 Å². The highest BCUT2D eigenvalue weighted by molar-refractivity contribution is 7.10. The predicted molar refractivity (Wildman–Crippen MR) is 94.0 cm³/mol. The first-order chi connectivity index (χ1) is 11.7. The highest BCUT2D eigenvalue weighted by atomic mass is 32.1. The van der Waals surface area contributed by atoms with Crippen molar-refractivity contribution < 1.29 is 4.79 Å². The van der Waals surface area contributed by atoms with Crippen LogP contribution in [0.1, 0.15) is 23.8 Å². The maximum atomic E-state index is 12.8. The molecule has 2 aromatic heterocycles. The third-order valence-corrected chi connectivity index (χ3v) is 5.46. The monoisotopic (exact) mass is 339 g/mol. The molecule has 3 heterocycles. The van der Waals surface area contributed by atoms with Gasteiger partial charge in [-0.1, -0.05) is 18.2 Å². The summed E-state index contributed by atoms with van der Waals surface area (Å²) in [5.74, 6) is -0.0231. The van der Waals surface area contributed by atoms with Gasteiger partial charge in [0.05, 0.1) is 23.3 Å². The summed E-state index contributed by atoms with van der Waals surface area (Å²) in [6.07, 6.45) is 3.45. The van der Waals surface area contributed by atoms with Gasteiger partial charge in [0.15, 0.2) is 0 Å². The van der Waals surface area contributed by atoms with Crippen LogP contribution in [0.25, 0.3) is 10.9 Å². The van der Waals surface area contributed by atoms with E-state index in [2.05, 4.69) is 11.1 Å². The van der Waals surface area contributed by atoms with E-state index in [1.807, 2.05) is 28.5 Å². The van der Waals surface area contributed by atoms with Gasteiger partial charge in [-0.2, -0.15) is 0 Å². The largest absolute Gasteiger partial charge is 0.333 e. The van der Waals surface area contributed by atoms with Crippen molar-refractivity contribution >= 4 is 28.1 Å². The fourth-order valence-electron chi connectivity index (χ4n) is 3.30. The Morgan fingerprint density at radius 1 is 1.25 bits per heavy atom. The van der Waals surface area contributed by atoms with Gasteiger partial charge in [-0.05, 0) is 36.4 Å². The summed E-state index contributed by atoms with van der Waals surface area (Å²) in [4.78, 5) is 32.7. The number of fused-ring (bicyclic) bond motifs is 1. The Kier molecular flexibility index (Phi) is 3.90. The van der Waals surface area contributed by atoms with Gasteiger partial charge in [0.2, 0.25) is 5.91 Å². The second-order valence-corrected chi connectivity index (χ2v) is 6.93. The summed E-state index contributed by atoms with van der Waals surface area (Å²) in [5, 5.41) is 2.58. The topological polar surface area (TPSA) is 55.2 Å². The summed E-state index contributed by atoms with van der Waals surface area (Å²) in [6, 6.07) is 11.4. The number of para-hydroxylation sites is 1. The smallest absolute Gasteiger partial charge is 0.261 e. The van der Waals surface area contributed by atoms with Crippen molar-refractivity contribution in [2.45, 2.75) is 25.4 Å². The molecule has 6 heteroatoms. The zero-order valence-corrected chi connectivity index (χ0v) is 13.9. The van der Waals surface area contributed by atoms with Crippen LogP contribution >= 0.6 is 11.3 Å². The third kappa shape index (κ3) is 2.63. The third-order valence-electron chi connectivity index (χ3n) is 4.48. The zero-order valence-electron chi connectivity index (χ0n) is 13.1. The molecule has 0 saturated carbocycles. The van der Waals surface area contributed by atoms with Gasteiger partial charge in [0.1, 0.15) is 6.54 Å². The zero-order chi connectivity index (χ0) is 16.5. The van der Waals surface area contributed by atoms with Gasteiger partial charge in [-0.25, -0.2) is 4.98 Å². The number of likely N-dealkylation sites (tertiary alicyclic amines) is 1. The molecule has 3 aromatic rings. The van der Waals surface area contributed by atoms with Crippen LogP contribution in [0.3, 0.4) is 0 Å². The van der Waals surface area contributed by atoms with E-state index in [1.165, 1.54) is 15.8 Å². The molecule has 122 valence electrons. The molecule has 0 bridgehead atoms. The second kappa shape index (κ2) is 6.20. The summed E-state index contributed by atoms with van der Waals surface area (Å²) in [5.41, 5.74) is 0.490. The lowest BCUT2D eigenvalue weighted by atomic mass is 10.2. The molecule has 1 fully saturated rings. The van der Waals surface area contributed by atoms with Gasteiger partial charge < -0.3 is 4.90 Å². The Bertz CT molecular complexity index is 933. The van der Waals surface area contributed by atoms with E-state index in [1.54, 1.807) is 23.5 Å². The number of nitrogens with zero attached hydrogens (tertiary/aromatic N) is 3. The van der Waals surface area contributed by atoms with Crippen molar-refractivity contribution in [2.24, 2.45) is 0 Å². The lowest BCUT2D eigenvalue weighted by Gasteiger charge is -2.24. The molecule has 1 aliphatic heterocycles. The molecule has 0 unspecified atom stereocenters. The normalized spacial score (nSPS) is 17.5. The van der Waals surface area contributed by atoms with E-state index in [-0.39, 0.29) is 24.1 Å². The first-order valence-electron chi connectivity index (χ1n) is 8.01. The van der Waals surface area contributed by atoms with Gasteiger partial charge >= 0.3 is 0 Å². The number of rotatable bonds is 3. The molecule has 1 saturated heterocycles. The minimum atomic E-state index is -0.166. The Labute approximate surface area is 143 Å². The molecule has 5 nitrogen and oxygen atoms in total. The number of thiophene rings is 1. The highest BCUT2D eigenvalue weighted by Gasteiger charge is 2.30. The average Bonchev–Trinajstić information content (AvgIpc) is 3.28. The number of carbonyl (C=O) groups excluding carboxylic acids is 1. The maximum Gasteiger partial charge on any atom is 0.261 e. The standard InChI is InChI=1S/C18H17N3O2S/c22-17(21-9-3-7-15(21)16-8-4-10-24-16)11-20-12-19-14-6-2-1-5-13(14)18(20)23/h1-2,4-6,8,10,12,15H,3,7,9,11H2/t15-/m0/s1. The molecule has 0 spiro atoms. The lowest BCUT2D eigenvalue weighted by Crippen LogP contribution is -2.36. The van der Waals surface area contributed by atoms with Gasteiger partial charge in [0.25, 0.3) is 5.56 Å². The summed E-state index contributed by atoms with van der Waals surface area (Å²) < 4.78 is 1.41. The first-order valence-corrected chi connectivity index (χ1v) is 8.89. The van der Waals surface area contributed by atoms with Crippen LogP contribution in [0, 0.1) is 0 Å². The van der Waals surface area contributed by atoms with Crippen LogP contribution in [-0.2, 0) is 11.3 Å². The maximum absolute atomic E-state index is 12.8. The molecule has 1 aromatic carbocycles. The first kappa shape index (κ1) is 15.1. The molecular weight excluding hydrogens is 322 g/mol. The number of benzene rings is 1. The van der Waals surface area contributed by atoms with Gasteiger partial charge in [-0.15, -0.1) is 11.3 Å². The van der Waals surface area contributed by atoms with Crippen LogP contribution in [0.5, 0.6) is 0 Å². The minimum absolute atomic E-state index is 0.0231. The van der Waals surface area contributed by atoms with Crippen LogP contribution in [0.15, 0.2) is 52.9 Å². The van der Waals surface area contributed by atoms with Crippen LogP contribution in [-0.4, -0.2) is 26.9 Å². The Morgan fingerprint density at radius 2 is 2.12 bits per heavy atom. The molecule has 0 N–H and O–H groups in total. The molecular formula is C18H17N3O2S. The summed E-state index contributed by atoms with van der Waals surface area (Å²) in [6.45, 7) is 0.787. The molecule has 0 radical (unpaired) electrons. The van der Waals surface area contributed by atoms with E-state index >= 15 is 0 Å². The highest BCUT2D eigenvalue weighted by Crippen LogP contribution is 2.34. The summed E-state index contributed by atoms with van der Waals surface area (Å²) >= 11 is 1.68. The molecule has 1 amide bonds. The van der Waals surface area contributed by atoms with E-state index in [4.69, 9.17) is 0 Å². The average molecular weight is 339 g/mol. The molecule has 0 aliphatic carbocycles. The van der Waals surface area contributed by atoms with Crippen LogP contribution in [0.4, 0.5) is 0 Å². The Morgan fingerprint density at radius 3 is 2.96 bits per heavy atom. The molecule has 1 aliphatic rings. The van der Waals surface area contributed by atoms with E-state index in [0.717, 1.165) is 19.4 Å². The predicted octanol–water partition coefficient (Wildman–Crippen LogP) is 2.82. The van der Waals surface area contributed by atoms with Crippen molar-refractivity contribution in [3.8, 4) is 0 Å². The summed E-state index contributed by atoms with van der Waals surface area (Å²) in [7, 11) is 0. The van der Waals surface area contributed by atoms with Crippen molar-refractivity contribution in [2.75, 3.05) is 6.54 Å². The van der Waals surface area contributed by atoms with Crippen LogP contribution in [0.2, 0.25) is 0 Å². The van der Waals surface area contributed by atoms with E-state index < -0.39 is 0 Å². The van der Waals surface area contributed by atoms with Crippen LogP contribution < -0.4 is 5.56 Å². The number of amides is 1. The SMILES string of the molecule is O=C(Cn1cnc2ccccc2c1=O)N1CCC[C@H]1c1cccs1. The van der Waals surface area contributed by atoms with E-state index in [9.17, 15) is 9.59 Å². The second-order valence-electron chi connectivity index (χ2n) is 5.96. The van der Waals surface area contributed by atoms with Crippen molar-refractivity contribution in [1.29, 1.82) is 0 Å². The minimum Gasteiger partial charge on any atom is -0.333 e. The van der Waals surface area contributed by atoms with Crippen molar-refractivity contribution in [3.63, 3.8) is 0 Å². The number of aromatic nitrogens is 2. The molecule has 24 heavy (non-hydrogen) atoms. The number of hydrogen-bond donors (Lipinski definition) is 0.